The molecule has 0 aliphatic heterocycles. The van der Waals surface area contributed by atoms with E-state index in [-0.39, 0.29) is 5.91 Å². The van der Waals surface area contributed by atoms with Crippen LogP contribution in [0.5, 0.6) is 0 Å². The zero-order valence-electron chi connectivity index (χ0n) is 15.7. The lowest BCUT2D eigenvalue weighted by atomic mass is 10.2. The molecule has 0 aliphatic rings. The van der Waals surface area contributed by atoms with Crippen molar-refractivity contribution in [2.45, 2.75) is 25.1 Å². The van der Waals surface area contributed by atoms with Gasteiger partial charge in [0.05, 0.1) is 11.9 Å². The molecule has 0 aromatic heterocycles. The van der Waals surface area contributed by atoms with Gasteiger partial charge in [0.1, 0.15) is 6.04 Å². The van der Waals surface area contributed by atoms with E-state index < -0.39 is 16.1 Å². The summed E-state index contributed by atoms with van der Waals surface area (Å²) in [6.45, 7) is 2.31. The minimum Gasteiger partial charge on any atom is -0.353 e. The predicted octanol–water partition coefficient (Wildman–Crippen LogP) is 3.28. The maximum Gasteiger partial charge on any atom is 0.243 e. The molecule has 0 radical (unpaired) electrons. The zero-order valence-corrected chi connectivity index (χ0v) is 17.3. The van der Waals surface area contributed by atoms with Crippen LogP contribution in [0.25, 0.3) is 0 Å². The lowest BCUT2D eigenvalue weighted by Gasteiger charge is -2.30. The maximum absolute atomic E-state index is 12.6. The average Bonchev–Trinajstić information content (AvgIpc) is 2.66. The number of carbonyl (C=O) groups excluding carboxylic acids is 1. The minimum absolute atomic E-state index is 0.271. The van der Waals surface area contributed by atoms with Crippen LogP contribution in [0.15, 0.2) is 60.7 Å². The number of nitrogens with zero attached hydrogens (tertiary/aromatic N) is 1. The molecule has 2 aromatic rings. The largest absolute Gasteiger partial charge is 0.353 e. The van der Waals surface area contributed by atoms with E-state index in [0.717, 1.165) is 17.8 Å². The van der Waals surface area contributed by atoms with Gasteiger partial charge in [0.15, 0.2) is 0 Å². The van der Waals surface area contributed by atoms with Gasteiger partial charge in [-0.1, -0.05) is 55.5 Å². The topological polar surface area (TPSA) is 66.5 Å². The van der Waals surface area contributed by atoms with E-state index >= 15 is 0 Å². The van der Waals surface area contributed by atoms with Crippen LogP contribution >= 0.6 is 11.8 Å². The van der Waals surface area contributed by atoms with Crippen molar-refractivity contribution in [2.75, 3.05) is 22.9 Å². The summed E-state index contributed by atoms with van der Waals surface area (Å²) in [7, 11) is -3.58. The Kier molecular flexibility index (Phi) is 8.19. The monoisotopic (exact) mass is 406 g/mol. The van der Waals surface area contributed by atoms with E-state index in [0.29, 0.717) is 18.7 Å². The minimum atomic E-state index is -3.58. The Labute approximate surface area is 166 Å². The molecule has 0 unspecified atom stereocenters. The molecule has 2 aromatic carbocycles. The summed E-state index contributed by atoms with van der Waals surface area (Å²) in [6, 6.07) is 18.1. The Morgan fingerprint density at radius 3 is 2.22 bits per heavy atom. The van der Waals surface area contributed by atoms with Gasteiger partial charge in [-0.15, -0.1) is 0 Å². The van der Waals surface area contributed by atoms with Crippen LogP contribution < -0.4 is 9.62 Å². The molecular formula is C20H26N2O3S2. The molecule has 27 heavy (non-hydrogen) atoms. The first-order chi connectivity index (χ1) is 12.9. The van der Waals surface area contributed by atoms with E-state index in [1.165, 1.54) is 9.87 Å². The van der Waals surface area contributed by atoms with Gasteiger partial charge in [-0.2, -0.15) is 11.8 Å². The molecule has 0 heterocycles. The summed E-state index contributed by atoms with van der Waals surface area (Å²) in [4.78, 5) is 12.6. The molecule has 1 amide bonds. The van der Waals surface area contributed by atoms with Gasteiger partial charge in [0.25, 0.3) is 0 Å². The first-order valence-corrected chi connectivity index (χ1v) is 11.9. The second-order valence-corrected chi connectivity index (χ2v) is 9.11. The van der Waals surface area contributed by atoms with Gasteiger partial charge in [-0.05, 0) is 24.1 Å². The highest BCUT2D eigenvalue weighted by atomic mass is 32.2. The van der Waals surface area contributed by atoms with Crippen LogP contribution in [0.2, 0.25) is 0 Å². The third-order valence-electron chi connectivity index (χ3n) is 4.00. The number of para-hydroxylation sites is 1. The van der Waals surface area contributed by atoms with Gasteiger partial charge in [0.2, 0.25) is 15.9 Å². The van der Waals surface area contributed by atoms with Gasteiger partial charge < -0.3 is 5.32 Å². The summed E-state index contributed by atoms with van der Waals surface area (Å²) in [5, 5.41) is 2.88. The second kappa shape index (κ2) is 10.4. The number of rotatable bonds is 10. The van der Waals surface area contributed by atoms with Crippen LogP contribution in [0.1, 0.15) is 18.9 Å². The molecule has 7 heteroatoms. The molecule has 5 nitrogen and oxygen atoms in total. The fraction of sp³-hybridized carbons (Fsp3) is 0.350. The van der Waals surface area contributed by atoms with Crippen molar-refractivity contribution in [3.8, 4) is 0 Å². The Hall–Kier alpha value is -1.99. The molecule has 2 rings (SSSR count). The molecular weight excluding hydrogens is 380 g/mol. The summed E-state index contributed by atoms with van der Waals surface area (Å²) < 4.78 is 25.8. The third kappa shape index (κ3) is 6.59. The van der Waals surface area contributed by atoms with E-state index in [1.54, 1.807) is 36.0 Å². The third-order valence-corrected chi connectivity index (χ3v) is 6.21. The van der Waals surface area contributed by atoms with Crippen LogP contribution in [0, 0.1) is 0 Å². The van der Waals surface area contributed by atoms with E-state index in [2.05, 4.69) is 17.4 Å². The summed E-state index contributed by atoms with van der Waals surface area (Å²) >= 11 is 1.73. The smallest absolute Gasteiger partial charge is 0.243 e. The highest BCUT2D eigenvalue weighted by Gasteiger charge is 2.31. The number of benzene rings is 2. The molecule has 146 valence electrons. The fourth-order valence-corrected chi connectivity index (χ4v) is 4.79. The molecule has 0 saturated heterocycles. The lowest BCUT2D eigenvalue weighted by Crippen LogP contribution is -2.49. The van der Waals surface area contributed by atoms with Crippen molar-refractivity contribution < 1.29 is 13.2 Å². The Morgan fingerprint density at radius 1 is 1.07 bits per heavy atom. The number of carbonyl (C=O) groups is 1. The Morgan fingerprint density at radius 2 is 1.67 bits per heavy atom. The summed E-state index contributed by atoms with van der Waals surface area (Å²) in [6.07, 6.45) is 1.52. The van der Waals surface area contributed by atoms with Crippen LogP contribution in [0.3, 0.4) is 0 Å². The number of anilines is 1. The number of sulfonamides is 1. The summed E-state index contributed by atoms with van der Waals surface area (Å²) in [5.41, 5.74) is 1.74. The van der Waals surface area contributed by atoms with Crippen molar-refractivity contribution in [2.24, 2.45) is 0 Å². The highest BCUT2D eigenvalue weighted by molar-refractivity contribution is 7.98. The Bertz CT molecular complexity index is 812. The van der Waals surface area contributed by atoms with Crippen LogP contribution in [-0.2, 0) is 20.6 Å². The molecule has 0 bridgehead atoms. The molecule has 1 atom stereocenters. The number of nitrogens with one attached hydrogen (secondary N) is 1. The van der Waals surface area contributed by atoms with Crippen molar-refractivity contribution in [3.05, 3.63) is 66.2 Å². The van der Waals surface area contributed by atoms with Gasteiger partial charge >= 0.3 is 0 Å². The lowest BCUT2D eigenvalue weighted by molar-refractivity contribution is -0.122. The van der Waals surface area contributed by atoms with Gasteiger partial charge in [-0.3, -0.25) is 9.10 Å². The zero-order chi connectivity index (χ0) is 19.7. The van der Waals surface area contributed by atoms with Crippen molar-refractivity contribution in [1.82, 2.24) is 5.32 Å². The molecule has 0 spiro atoms. The number of hydrogen-bond donors (Lipinski definition) is 1. The number of amides is 1. The van der Waals surface area contributed by atoms with Gasteiger partial charge in [0, 0.05) is 18.1 Å². The number of hydrogen-bond acceptors (Lipinski definition) is 4. The normalized spacial score (nSPS) is 12.4. The first kappa shape index (κ1) is 21.3. The quantitative estimate of drug-likeness (QED) is 0.615. The Balaban J connectivity index is 1.93. The molecule has 0 saturated carbocycles. The van der Waals surface area contributed by atoms with E-state index in [4.69, 9.17) is 0 Å². The van der Waals surface area contributed by atoms with Crippen molar-refractivity contribution >= 4 is 33.4 Å². The molecule has 0 aliphatic carbocycles. The van der Waals surface area contributed by atoms with Gasteiger partial charge in [-0.25, -0.2) is 8.42 Å². The maximum atomic E-state index is 12.6. The predicted molar refractivity (Wildman–Crippen MR) is 113 cm³/mol. The SMILES string of the molecule is CC[C@@H](C(=O)NCCSCc1ccccc1)N(c1ccccc1)S(C)(=O)=O. The van der Waals surface area contributed by atoms with Crippen molar-refractivity contribution in [3.63, 3.8) is 0 Å². The van der Waals surface area contributed by atoms with Crippen LogP contribution in [-0.4, -0.2) is 38.9 Å². The fourth-order valence-electron chi connectivity index (χ4n) is 2.76. The molecule has 0 fully saturated rings. The highest BCUT2D eigenvalue weighted by Crippen LogP contribution is 2.22. The first-order valence-electron chi connectivity index (χ1n) is 8.87. The van der Waals surface area contributed by atoms with E-state index in [1.807, 2.05) is 31.2 Å². The second-order valence-electron chi connectivity index (χ2n) is 6.15. The van der Waals surface area contributed by atoms with Crippen molar-refractivity contribution in [1.29, 1.82) is 0 Å². The summed E-state index contributed by atoms with van der Waals surface area (Å²) in [5.74, 6) is 1.38. The standard InChI is InChI=1S/C20H26N2O3S2/c1-3-19(22(27(2,24)25)18-12-8-5-9-13-18)20(23)21-14-15-26-16-17-10-6-4-7-11-17/h4-13,19H,3,14-16H2,1-2H3,(H,21,23)/t19-/m0/s1. The number of thioether (sulfide) groups is 1. The van der Waals surface area contributed by atoms with Crippen LogP contribution in [0.4, 0.5) is 5.69 Å². The molecule has 1 N–H and O–H groups in total. The van der Waals surface area contributed by atoms with E-state index in [9.17, 15) is 13.2 Å². The average molecular weight is 407 g/mol.